The van der Waals surface area contributed by atoms with E-state index in [0.29, 0.717) is 0 Å². The number of hydrogen-bond donors (Lipinski definition) is 0. The summed E-state index contributed by atoms with van der Waals surface area (Å²) in [5.41, 5.74) is 1.62. The molecule has 1 aromatic heterocycles. The number of esters is 1. The number of rotatable bonds is 6. The van der Waals surface area contributed by atoms with Crippen LogP contribution in [-0.4, -0.2) is 46.3 Å². The van der Waals surface area contributed by atoms with Crippen molar-refractivity contribution in [1.29, 1.82) is 0 Å². The third-order valence-corrected chi connectivity index (χ3v) is 5.13. The Morgan fingerprint density at radius 2 is 1.93 bits per heavy atom. The van der Waals surface area contributed by atoms with Gasteiger partial charge in [-0.05, 0) is 68.1 Å². The first-order valence-corrected chi connectivity index (χ1v) is 9.53. The second kappa shape index (κ2) is 8.35. The van der Waals surface area contributed by atoms with Gasteiger partial charge in [-0.15, -0.1) is 0 Å². The number of carbonyl (C=O) groups excluding carboxylic acids is 3. The normalized spacial score (nSPS) is 16.5. The first-order valence-electron chi connectivity index (χ1n) is 8.71. The van der Waals surface area contributed by atoms with Crippen molar-refractivity contribution in [2.75, 3.05) is 13.7 Å². The number of imide groups is 1. The van der Waals surface area contributed by atoms with Crippen LogP contribution in [0.25, 0.3) is 11.8 Å². The van der Waals surface area contributed by atoms with Gasteiger partial charge in [-0.2, -0.15) is 0 Å². The van der Waals surface area contributed by atoms with E-state index in [1.807, 2.05) is 47.2 Å². The zero-order valence-electron chi connectivity index (χ0n) is 15.7. The molecule has 146 valence electrons. The zero-order chi connectivity index (χ0) is 20.3. The summed E-state index contributed by atoms with van der Waals surface area (Å²) >= 11 is 0.811. The lowest BCUT2D eigenvalue weighted by atomic mass is 10.2. The molecule has 1 aromatic carbocycles. The summed E-state index contributed by atoms with van der Waals surface area (Å²) in [6, 6.07) is 10.2. The van der Waals surface area contributed by atoms with E-state index in [2.05, 4.69) is 0 Å². The molecule has 0 radical (unpaired) electrons. The van der Waals surface area contributed by atoms with Gasteiger partial charge in [-0.1, -0.05) is 0 Å². The van der Waals surface area contributed by atoms with Crippen molar-refractivity contribution in [2.45, 2.75) is 19.9 Å². The number of benzene rings is 1. The lowest BCUT2D eigenvalue weighted by Crippen LogP contribution is -2.42. The van der Waals surface area contributed by atoms with Gasteiger partial charge in [-0.25, -0.2) is 4.79 Å². The third kappa shape index (κ3) is 3.82. The minimum absolute atomic E-state index is 0.185. The van der Waals surface area contributed by atoms with Crippen molar-refractivity contribution in [1.82, 2.24) is 9.47 Å². The van der Waals surface area contributed by atoms with Crippen LogP contribution in [0.1, 0.15) is 19.5 Å². The molecule has 1 aliphatic rings. The average molecular weight is 400 g/mol. The summed E-state index contributed by atoms with van der Waals surface area (Å²) in [4.78, 5) is 38.1. The number of hydrogen-bond acceptors (Lipinski definition) is 6. The summed E-state index contributed by atoms with van der Waals surface area (Å²) in [5, 5.41) is -0.487. The molecule has 0 saturated carbocycles. The van der Waals surface area contributed by atoms with Crippen LogP contribution in [0.4, 0.5) is 4.79 Å². The van der Waals surface area contributed by atoms with Gasteiger partial charge >= 0.3 is 5.97 Å². The Hall–Kier alpha value is -3.00. The Kier molecular flexibility index (Phi) is 5.89. The topological polar surface area (TPSA) is 77.8 Å². The lowest BCUT2D eigenvalue weighted by Gasteiger charge is -2.19. The first kappa shape index (κ1) is 19.8. The molecule has 1 aliphatic heterocycles. The van der Waals surface area contributed by atoms with Gasteiger partial charge in [0.15, 0.2) is 0 Å². The Bertz CT molecular complexity index is 932. The van der Waals surface area contributed by atoms with Crippen molar-refractivity contribution in [3.05, 3.63) is 53.2 Å². The maximum Gasteiger partial charge on any atom is 0.329 e. The molecule has 8 heteroatoms. The average Bonchev–Trinajstić information content (AvgIpc) is 3.26. The number of thioether (sulfide) groups is 1. The van der Waals surface area contributed by atoms with Gasteiger partial charge in [0, 0.05) is 17.6 Å². The van der Waals surface area contributed by atoms with Gasteiger partial charge in [-0.3, -0.25) is 14.5 Å². The van der Waals surface area contributed by atoms with Crippen molar-refractivity contribution >= 4 is 35.0 Å². The van der Waals surface area contributed by atoms with E-state index in [4.69, 9.17) is 9.47 Å². The van der Waals surface area contributed by atoms with E-state index in [0.717, 1.165) is 33.8 Å². The number of ether oxygens (including phenoxy) is 2. The standard InChI is InChI=1S/C20H20N2O5S/c1-4-27-19(24)13(2)22-18(23)17(28-20(22)25)12-15-6-5-11-21(15)14-7-9-16(26-3)10-8-14/h5-13H,4H2,1-3H3/b17-12-/t13-/m1/s1. The van der Waals surface area contributed by atoms with Crippen molar-refractivity contribution in [2.24, 2.45) is 0 Å². The number of carbonyl (C=O) groups is 3. The number of aromatic nitrogens is 1. The highest BCUT2D eigenvalue weighted by Gasteiger charge is 2.41. The Morgan fingerprint density at radius 1 is 1.21 bits per heavy atom. The molecule has 2 amide bonds. The highest BCUT2D eigenvalue weighted by molar-refractivity contribution is 8.18. The predicted octanol–water partition coefficient (Wildman–Crippen LogP) is 3.47. The number of amides is 2. The smallest absolute Gasteiger partial charge is 0.329 e. The van der Waals surface area contributed by atoms with Crippen LogP contribution in [0.2, 0.25) is 0 Å². The van der Waals surface area contributed by atoms with Gasteiger partial charge in [0.05, 0.1) is 18.6 Å². The van der Waals surface area contributed by atoms with E-state index < -0.39 is 23.2 Å². The van der Waals surface area contributed by atoms with Crippen LogP contribution in [0.15, 0.2) is 47.5 Å². The molecule has 3 rings (SSSR count). The molecule has 2 heterocycles. The molecule has 2 aromatic rings. The highest BCUT2D eigenvalue weighted by atomic mass is 32.2. The molecule has 0 bridgehead atoms. The predicted molar refractivity (Wildman–Crippen MR) is 106 cm³/mol. The van der Waals surface area contributed by atoms with E-state index in [-0.39, 0.29) is 11.5 Å². The molecule has 1 saturated heterocycles. The summed E-state index contributed by atoms with van der Waals surface area (Å²) in [5.74, 6) is -0.364. The van der Waals surface area contributed by atoms with Crippen LogP contribution in [0.3, 0.4) is 0 Å². The molecule has 7 nitrogen and oxygen atoms in total. The van der Waals surface area contributed by atoms with Gasteiger partial charge in [0.25, 0.3) is 11.1 Å². The molecule has 1 atom stereocenters. The highest BCUT2D eigenvalue weighted by Crippen LogP contribution is 2.34. The van der Waals surface area contributed by atoms with Crippen LogP contribution >= 0.6 is 11.8 Å². The summed E-state index contributed by atoms with van der Waals surface area (Å²) in [6.45, 7) is 3.34. The molecular formula is C20H20N2O5S. The minimum atomic E-state index is -0.966. The second-order valence-corrected chi connectivity index (χ2v) is 6.97. The van der Waals surface area contributed by atoms with Gasteiger partial charge < -0.3 is 14.0 Å². The van der Waals surface area contributed by atoms with Crippen LogP contribution < -0.4 is 4.74 Å². The molecule has 0 unspecified atom stereocenters. The second-order valence-electron chi connectivity index (χ2n) is 5.98. The molecule has 28 heavy (non-hydrogen) atoms. The summed E-state index contributed by atoms with van der Waals surface area (Å²) in [7, 11) is 1.60. The quantitative estimate of drug-likeness (QED) is 0.546. The first-order chi connectivity index (χ1) is 13.5. The molecule has 0 N–H and O–H groups in total. The maximum atomic E-state index is 12.7. The lowest BCUT2D eigenvalue weighted by molar-refractivity contribution is -0.150. The fourth-order valence-corrected chi connectivity index (χ4v) is 3.70. The van der Waals surface area contributed by atoms with E-state index in [1.165, 1.54) is 6.92 Å². The van der Waals surface area contributed by atoms with Gasteiger partial charge in [0.2, 0.25) is 0 Å². The largest absolute Gasteiger partial charge is 0.497 e. The fraction of sp³-hybridized carbons (Fsp3) is 0.250. The number of methoxy groups -OCH3 is 1. The van der Waals surface area contributed by atoms with Crippen LogP contribution in [0, 0.1) is 0 Å². The molecule has 0 spiro atoms. The summed E-state index contributed by atoms with van der Waals surface area (Å²) < 4.78 is 12.0. The zero-order valence-corrected chi connectivity index (χ0v) is 16.6. The molecule has 0 aliphatic carbocycles. The van der Waals surface area contributed by atoms with E-state index in [1.54, 1.807) is 20.1 Å². The number of nitrogens with zero attached hydrogens (tertiary/aromatic N) is 2. The monoisotopic (exact) mass is 400 g/mol. The summed E-state index contributed by atoms with van der Waals surface area (Å²) in [6.07, 6.45) is 3.51. The Labute approximate surface area is 166 Å². The van der Waals surface area contributed by atoms with E-state index >= 15 is 0 Å². The van der Waals surface area contributed by atoms with E-state index in [9.17, 15) is 14.4 Å². The SMILES string of the molecule is CCOC(=O)[C@@H](C)N1C(=O)S/C(=C\c2cccn2-c2ccc(OC)cc2)C1=O. The van der Waals surface area contributed by atoms with Crippen molar-refractivity contribution < 1.29 is 23.9 Å². The van der Waals surface area contributed by atoms with Crippen molar-refractivity contribution in [3.8, 4) is 11.4 Å². The fourth-order valence-electron chi connectivity index (χ4n) is 2.81. The van der Waals surface area contributed by atoms with Crippen LogP contribution in [-0.2, 0) is 14.3 Å². The molecule has 1 fully saturated rings. The maximum absolute atomic E-state index is 12.7. The Balaban J connectivity index is 1.87. The third-order valence-electron chi connectivity index (χ3n) is 4.25. The van der Waals surface area contributed by atoms with Gasteiger partial charge in [0.1, 0.15) is 11.8 Å². The van der Waals surface area contributed by atoms with Crippen LogP contribution in [0.5, 0.6) is 5.75 Å². The molecular weight excluding hydrogens is 380 g/mol. The minimum Gasteiger partial charge on any atom is -0.497 e. The van der Waals surface area contributed by atoms with Crippen molar-refractivity contribution in [3.63, 3.8) is 0 Å². The Morgan fingerprint density at radius 3 is 2.57 bits per heavy atom.